The third-order valence-electron chi connectivity index (χ3n) is 1.25. The first-order valence-corrected chi connectivity index (χ1v) is 2.94. The van der Waals surface area contributed by atoms with Crippen LogP contribution in [0.5, 0.6) is 11.5 Å². The topological polar surface area (TPSA) is 52.5 Å². The summed E-state index contributed by atoms with van der Waals surface area (Å²) in [7, 11) is 1.68. The molecule has 10 heavy (non-hydrogen) atoms. The van der Waals surface area contributed by atoms with Crippen LogP contribution in [0.1, 0.15) is 0 Å². The summed E-state index contributed by atoms with van der Waals surface area (Å²) in [6.45, 7) is 0. The number of anilines is 1. The Morgan fingerprint density at radius 3 is 2.50 bits per heavy atom. The number of hydrogen-bond donors (Lipinski definition) is 3. The van der Waals surface area contributed by atoms with Gasteiger partial charge < -0.3 is 15.5 Å². The van der Waals surface area contributed by atoms with Crippen LogP contribution >= 0.6 is 0 Å². The highest BCUT2D eigenvalue weighted by Crippen LogP contribution is 2.26. The average Bonchev–Trinajstić information content (AvgIpc) is 1.94. The molecule has 0 aliphatic heterocycles. The summed E-state index contributed by atoms with van der Waals surface area (Å²) in [5, 5.41) is 20.7. The van der Waals surface area contributed by atoms with E-state index in [2.05, 4.69) is 5.32 Å². The average molecular weight is 139 g/mol. The summed E-state index contributed by atoms with van der Waals surface area (Å²) in [6, 6.07) is 4.31. The number of benzene rings is 1. The van der Waals surface area contributed by atoms with Gasteiger partial charge in [-0.25, -0.2) is 0 Å². The molecule has 0 aliphatic rings. The number of phenols is 2. The third kappa shape index (κ3) is 1.13. The Hall–Kier alpha value is -1.38. The number of nitrogens with one attached hydrogen (secondary N) is 1. The van der Waals surface area contributed by atoms with E-state index in [9.17, 15) is 0 Å². The Kier molecular flexibility index (Phi) is 1.67. The van der Waals surface area contributed by atoms with E-state index in [0.717, 1.165) is 0 Å². The van der Waals surface area contributed by atoms with E-state index in [-0.39, 0.29) is 11.5 Å². The van der Waals surface area contributed by atoms with Crippen LogP contribution in [0.15, 0.2) is 18.2 Å². The van der Waals surface area contributed by atoms with Gasteiger partial charge in [-0.05, 0) is 12.1 Å². The molecule has 0 heterocycles. The van der Waals surface area contributed by atoms with Gasteiger partial charge >= 0.3 is 0 Å². The normalized spacial score (nSPS) is 9.30. The second kappa shape index (κ2) is 2.47. The molecule has 3 heteroatoms. The Bertz CT molecular complexity index is 235. The van der Waals surface area contributed by atoms with Crippen LogP contribution in [0.2, 0.25) is 0 Å². The van der Waals surface area contributed by atoms with Crippen LogP contribution in [0.4, 0.5) is 5.69 Å². The van der Waals surface area contributed by atoms with E-state index < -0.39 is 0 Å². The van der Waals surface area contributed by atoms with Gasteiger partial charge in [0, 0.05) is 13.1 Å². The van der Waals surface area contributed by atoms with Gasteiger partial charge in [0.25, 0.3) is 0 Å². The van der Waals surface area contributed by atoms with Gasteiger partial charge in [-0.1, -0.05) is 0 Å². The van der Waals surface area contributed by atoms with Crippen LogP contribution in [0.25, 0.3) is 0 Å². The molecule has 0 spiro atoms. The zero-order valence-electron chi connectivity index (χ0n) is 5.63. The van der Waals surface area contributed by atoms with Crippen LogP contribution < -0.4 is 5.32 Å². The van der Waals surface area contributed by atoms with Crippen molar-refractivity contribution in [3.63, 3.8) is 0 Å². The van der Waals surface area contributed by atoms with Gasteiger partial charge in [0.2, 0.25) is 0 Å². The predicted molar refractivity (Wildman–Crippen MR) is 39.3 cm³/mol. The van der Waals surface area contributed by atoms with Crippen molar-refractivity contribution in [1.29, 1.82) is 0 Å². The van der Waals surface area contributed by atoms with E-state index in [4.69, 9.17) is 10.2 Å². The standard InChI is InChI=1S/C7H9NO2/c1-8-6-4-5(9)2-3-7(6)10/h2-4,8-10H,1H3. The van der Waals surface area contributed by atoms with E-state index in [0.29, 0.717) is 5.69 Å². The molecular weight excluding hydrogens is 130 g/mol. The van der Waals surface area contributed by atoms with Gasteiger partial charge in [0.15, 0.2) is 0 Å². The van der Waals surface area contributed by atoms with Gasteiger partial charge in [0.05, 0.1) is 5.69 Å². The van der Waals surface area contributed by atoms with Gasteiger partial charge in [-0.15, -0.1) is 0 Å². The minimum Gasteiger partial charge on any atom is -0.508 e. The number of phenolic OH excluding ortho intramolecular Hbond substituents is 2. The highest BCUT2D eigenvalue weighted by atomic mass is 16.3. The first-order valence-electron chi connectivity index (χ1n) is 2.94. The van der Waals surface area contributed by atoms with E-state index in [1.807, 2.05) is 0 Å². The maximum absolute atomic E-state index is 9.06. The highest BCUT2D eigenvalue weighted by molar-refractivity contribution is 5.58. The zero-order valence-corrected chi connectivity index (χ0v) is 5.63. The maximum atomic E-state index is 9.06. The van der Waals surface area contributed by atoms with Crippen molar-refractivity contribution in [2.24, 2.45) is 0 Å². The Balaban J connectivity index is 3.09. The molecule has 0 bridgehead atoms. The third-order valence-corrected chi connectivity index (χ3v) is 1.25. The first kappa shape index (κ1) is 6.74. The first-order chi connectivity index (χ1) is 4.74. The van der Waals surface area contributed by atoms with Gasteiger partial charge in [-0.2, -0.15) is 0 Å². The molecule has 0 radical (unpaired) electrons. The molecule has 1 aromatic carbocycles. The summed E-state index contributed by atoms with van der Waals surface area (Å²) < 4.78 is 0. The molecule has 0 amide bonds. The number of aromatic hydroxyl groups is 2. The molecule has 0 atom stereocenters. The fourth-order valence-corrected chi connectivity index (χ4v) is 0.724. The SMILES string of the molecule is CNc1cc(O)ccc1O. The van der Waals surface area contributed by atoms with Crippen molar-refractivity contribution in [1.82, 2.24) is 0 Å². The fraction of sp³-hybridized carbons (Fsp3) is 0.143. The Morgan fingerprint density at radius 1 is 1.30 bits per heavy atom. The molecule has 3 nitrogen and oxygen atoms in total. The lowest BCUT2D eigenvalue weighted by Crippen LogP contribution is -1.86. The van der Waals surface area contributed by atoms with Crippen LogP contribution in [0.3, 0.4) is 0 Å². The van der Waals surface area contributed by atoms with E-state index >= 15 is 0 Å². The zero-order chi connectivity index (χ0) is 7.56. The highest BCUT2D eigenvalue weighted by Gasteiger charge is 1.97. The van der Waals surface area contributed by atoms with Crippen LogP contribution in [-0.2, 0) is 0 Å². The summed E-state index contributed by atoms with van der Waals surface area (Å²) in [6.07, 6.45) is 0. The largest absolute Gasteiger partial charge is 0.508 e. The lowest BCUT2D eigenvalue weighted by Gasteiger charge is -2.02. The summed E-state index contributed by atoms with van der Waals surface area (Å²) in [4.78, 5) is 0. The lowest BCUT2D eigenvalue weighted by molar-refractivity contribution is 0.462. The second-order valence-electron chi connectivity index (χ2n) is 1.95. The van der Waals surface area contributed by atoms with Crippen molar-refractivity contribution in [3.8, 4) is 11.5 Å². The second-order valence-corrected chi connectivity index (χ2v) is 1.95. The maximum Gasteiger partial charge on any atom is 0.138 e. The Labute approximate surface area is 58.9 Å². The smallest absolute Gasteiger partial charge is 0.138 e. The molecule has 0 unspecified atom stereocenters. The molecular formula is C7H9NO2. The molecule has 0 saturated carbocycles. The van der Waals surface area contributed by atoms with Gasteiger partial charge in [0.1, 0.15) is 11.5 Å². The molecule has 3 N–H and O–H groups in total. The molecule has 0 saturated heterocycles. The fourth-order valence-electron chi connectivity index (χ4n) is 0.724. The number of rotatable bonds is 1. The van der Waals surface area contributed by atoms with Crippen molar-refractivity contribution >= 4 is 5.69 Å². The predicted octanol–water partition coefficient (Wildman–Crippen LogP) is 1.14. The molecule has 1 aromatic rings. The van der Waals surface area contributed by atoms with Crippen LogP contribution in [0, 0.1) is 0 Å². The summed E-state index contributed by atoms with van der Waals surface area (Å²) in [5.74, 6) is 0.280. The minimum absolute atomic E-state index is 0.139. The molecule has 0 fully saturated rings. The summed E-state index contributed by atoms with van der Waals surface area (Å²) in [5.41, 5.74) is 0.528. The Morgan fingerprint density at radius 2 is 2.00 bits per heavy atom. The van der Waals surface area contributed by atoms with Crippen molar-refractivity contribution < 1.29 is 10.2 Å². The van der Waals surface area contributed by atoms with Crippen molar-refractivity contribution in [2.45, 2.75) is 0 Å². The molecule has 1 rings (SSSR count). The molecule has 0 aliphatic carbocycles. The van der Waals surface area contributed by atoms with Crippen molar-refractivity contribution in [2.75, 3.05) is 12.4 Å². The molecule has 54 valence electrons. The van der Waals surface area contributed by atoms with Crippen molar-refractivity contribution in [3.05, 3.63) is 18.2 Å². The molecule has 0 aromatic heterocycles. The summed E-state index contributed by atoms with van der Waals surface area (Å²) >= 11 is 0. The van der Waals surface area contributed by atoms with E-state index in [1.165, 1.54) is 18.2 Å². The monoisotopic (exact) mass is 139 g/mol. The quantitative estimate of drug-likeness (QED) is 0.404. The van der Waals surface area contributed by atoms with Gasteiger partial charge in [-0.3, -0.25) is 0 Å². The van der Waals surface area contributed by atoms with E-state index in [1.54, 1.807) is 7.05 Å². The number of hydrogen-bond acceptors (Lipinski definition) is 3. The minimum atomic E-state index is 0.139. The lowest BCUT2D eigenvalue weighted by atomic mass is 10.3. The van der Waals surface area contributed by atoms with Crippen LogP contribution in [-0.4, -0.2) is 17.3 Å².